The molecule has 372 valence electrons. The second-order valence-electron chi connectivity index (χ2n) is 16.6. The van der Waals surface area contributed by atoms with Gasteiger partial charge >= 0.3 is 5.97 Å². The van der Waals surface area contributed by atoms with Gasteiger partial charge in [0.2, 0.25) is 0 Å². The van der Waals surface area contributed by atoms with Crippen molar-refractivity contribution in [3.8, 4) is 0 Å². The molecule has 2 saturated heterocycles. The first kappa shape index (κ1) is 58.3. The molecule has 0 radical (unpaired) electrons. The predicted molar refractivity (Wildman–Crippen MR) is 251 cm³/mol. The molecule has 0 aromatic rings. The van der Waals surface area contributed by atoms with E-state index in [-0.39, 0.29) is 19.6 Å². The Morgan fingerprint density at radius 3 is 1.55 bits per heavy atom. The van der Waals surface area contributed by atoms with Crippen LogP contribution >= 0.6 is 0 Å². The van der Waals surface area contributed by atoms with Crippen LogP contribution < -0.4 is 0 Å². The summed E-state index contributed by atoms with van der Waals surface area (Å²) in [5, 5.41) is 71.7. The fraction of sp³-hybridized carbons (Fsp3) is 0.706. The van der Waals surface area contributed by atoms with E-state index in [2.05, 4.69) is 98.9 Å². The molecule has 0 aliphatic carbocycles. The maximum Gasteiger partial charge on any atom is 0.306 e. The Balaban J connectivity index is 1.68. The van der Waals surface area contributed by atoms with Gasteiger partial charge < -0.3 is 64.2 Å². The van der Waals surface area contributed by atoms with Crippen molar-refractivity contribution < 1.29 is 69.0 Å². The summed E-state index contributed by atoms with van der Waals surface area (Å²) in [5.74, 6) is -0.404. The largest absolute Gasteiger partial charge is 0.457 e. The van der Waals surface area contributed by atoms with Crippen molar-refractivity contribution in [2.75, 3.05) is 33.0 Å². The molecule has 0 aromatic heterocycles. The third-order valence-electron chi connectivity index (χ3n) is 10.9. The third kappa shape index (κ3) is 26.3. The van der Waals surface area contributed by atoms with Gasteiger partial charge in [-0.2, -0.15) is 0 Å². The monoisotopic (exact) mass is 921 g/mol. The van der Waals surface area contributed by atoms with Crippen LogP contribution in [0.3, 0.4) is 0 Å². The van der Waals surface area contributed by atoms with Crippen LogP contribution in [0.1, 0.15) is 129 Å². The molecule has 11 unspecified atom stereocenters. The number of hydrogen-bond donors (Lipinski definition) is 7. The summed E-state index contributed by atoms with van der Waals surface area (Å²) in [6.07, 6.45) is 31.4. The fourth-order valence-electron chi connectivity index (χ4n) is 6.97. The summed E-state index contributed by atoms with van der Waals surface area (Å²) in [4.78, 5) is 12.8. The number of carbonyl (C=O) groups is 1. The Hall–Kier alpha value is -2.83. The van der Waals surface area contributed by atoms with Crippen molar-refractivity contribution in [1.82, 2.24) is 0 Å². The minimum Gasteiger partial charge on any atom is -0.457 e. The maximum atomic E-state index is 12.8. The van der Waals surface area contributed by atoms with Crippen LogP contribution in [0.2, 0.25) is 0 Å². The fourth-order valence-corrected chi connectivity index (χ4v) is 6.97. The maximum absolute atomic E-state index is 12.8. The number of ether oxygens (including phenoxy) is 6. The van der Waals surface area contributed by atoms with Crippen LogP contribution in [-0.4, -0.2) is 142 Å². The lowest BCUT2D eigenvalue weighted by molar-refractivity contribution is -0.332. The summed E-state index contributed by atoms with van der Waals surface area (Å²) in [6, 6.07) is 0. The average molecular weight is 921 g/mol. The van der Waals surface area contributed by atoms with E-state index in [0.29, 0.717) is 13.0 Å². The van der Waals surface area contributed by atoms with Gasteiger partial charge in [-0.3, -0.25) is 4.79 Å². The molecule has 0 amide bonds. The van der Waals surface area contributed by atoms with Crippen LogP contribution in [0.15, 0.2) is 85.1 Å². The van der Waals surface area contributed by atoms with E-state index in [1.807, 2.05) is 0 Å². The Labute approximate surface area is 389 Å². The minimum absolute atomic E-state index is 0.0382. The molecular formula is C51H84O14. The quantitative estimate of drug-likeness (QED) is 0.0203. The highest BCUT2D eigenvalue weighted by Crippen LogP contribution is 2.26. The number of aliphatic hydroxyl groups excluding tert-OH is 7. The average Bonchev–Trinajstić information content (AvgIpc) is 3.30. The van der Waals surface area contributed by atoms with Gasteiger partial charge in [0, 0.05) is 13.0 Å². The van der Waals surface area contributed by atoms with E-state index < -0.39 is 86.7 Å². The van der Waals surface area contributed by atoms with Crippen LogP contribution in [0, 0.1) is 0 Å². The minimum atomic E-state index is -1.71. The van der Waals surface area contributed by atoms with Crippen molar-refractivity contribution >= 4 is 5.97 Å². The molecule has 0 aromatic carbocycles. The summed E-state index contributed by atoms with van der Waals surface area (Å²) >= 11 is 0. The molecule has 65 heavy (non-hydrogen) atoms. The molecule has 2 aliphatic rings. The van der Waals surface area contributed by atoms with Crippen molar-refractivity contribution in [2.45, 2.75) is 197 Å². The van der Waals surface area contributed by atoms with Crippen molar-refractivity contribution in [1.29, 1.82) is 0 Å². The van der Waals surface area contributed by atoms with Crippen LogP contribution in [0.25, 0.3) is 0 Å². The summed E-state index contributed by atoms with van der Waals surface area (Å²) in [5.41, 5.74) is 0. The van der Waals surface area contributed by atoms with E-state index in [4.69, 9.17) is 28.4 Å². The lowest BCUT2D eigenvalue weighted by atomic mass is 9.98. The molecule has 0 spiro atoms. The number of esters is 1. The Bertz CT molecular complexity index is 1390. The molecule has 2 rings (SSSR count). The molecule has 2 aliphatic heterocycles. The van der Waals surface area contributed by atoms with Crippen molar-refractivity contribution in [3.05, 3.63) is 85.1 Å². The highest BCUT2D eigenvalue weighted by molar-refractivity contribution is 5.69. The van der Waals surface area contributed by atoms with Crippen LogP contribution in [0.5, 0.6) is 0 Å². The SMILES string of the molecule is CC/C=C\C/C=C\C/C=C\C/C=C\C/C=C\C/C=C\C/C=C\CCCCCCOCC(COC1OC(COC2OC(CO)C(O)C(O)C2O)C(O)C(O)C1O)OC(=O)CCCCCCC. The molecule has 14 heteroatoms. The van der Waals surface area contributed by atoms with Gasteiger partial charge in [-0.05, 0) is 70.6 Å². The lowest BCUT2D eigenvalue weighted by Crippen LogP contribution is -2.61. The van der Waals surface area contributed by atoms with Crippen molar-refractivity contribution in [2.24, 2.45) is 0 Å². The van der Waals surface area contributed by atoms with E-state index in [1.165, 1.54) is 0 Å². The van der Waals surface area contributed by atoms with Gasteiger partial charge in [0.1, 0.15) is 54.9 Å². The van der Waals surface area contributed by atoms with E-state index in [9.17, 15) is 40.5 Å². The topological polar surface area (TPSA) is 214 Å². The van der Waals surface area contributed by atoms with Crippen LogP contribution in [-0.2, 0) is 33.2 Å². The predicted octanol–water partition coefficient (Wildman–Crippen LogP) is 6.51. The van der Waals surface area contributed by atoms with E-state index in [0.717, 1.165) is 103 Å². The Morgan fingerprint density at radius 2 is 1.00 bits per heavy atom. The number of aliphatic hydroxyl groups is 7. The zero-order chi connectivity index (χ0) is 47.3. The molecular weight excluding hydrogens is 837 g/mol. The van der Waals surface area contributed by atoms with Gasteiger partial charge in [-0.15, -0.1) is 0 Å². The zero-order valence-electron chi connectivity index (χ0n) is 39.2. The first-order valence-corrected chi connectivity index (χ1v) is 24.2. The first-order valence-electron chi connectivity index (χ1n) is 24.2. The Morgan fingerprint density at radius 1 is 0.523 bits per heavy atom. The molecule has 2 fully saturated rings. The molecule has 14 nitrogen and oxygen atoms in total. The normalized spacial score (nSPS) is 27.3. The number of unbranched alkanes of at least 4 members (excludes halogenated alkanes) is 8. The van der Waals surface area contributed by atoms with Gasteiger partial charge in [-0.1, -0.05) is 137 Å². The second-order valence-corrected chi connectivity index (χ2v) is 16.6. The summed E-state index contributed by atoms with van der Waals surface area (Å²) in [7, 11) is 0. The molecule has 0 saturated carbocycles. The number of allylic oxidation sites excluding steroid dienone is 14. The highest BCUT2D eigenvalue weighted by atomic mass is 16.7. The van der Waals surface area contributed by atoms with Crippen molar-refractivity contribution in [3.63, 3.8) is 0 Å². The highest BCUT2D eigenvalue weighted by Gasteiger charge is 2.47. The third-order valence-corrected chi connectivity index (χ3v) is 10.9. The van der Waals surface area contributed by atoms with E-state index in [1.54, 1.807) is 0 Å². The zero-order valence-corrected chi connectivity index (χ0v) is 39.2. The van der Waals surface area contributed by atoms with Gasteiger partial charge in [-0.25, -0.2) is 0 Å². The molecule has 7 N–H and O–H groups in total. The smallest absolute Gasteiger partial charge is 0.306 e. The Kier molecular flexibility index (Phi) is 34.2. The van der Waals surface area contributed by atoms with E-state index >= 15 is 0 Å². The standard InChI is InChI=1S/C51H84O14/c1-3-5-7-9-10-11-12-13-14-15-16-17-18-19-20-21-22-23-24-25-26-27-28-29-31-33-35-60-37-40(63-43(53)34-32-30-8-6-4-2)38-61-50-49(59)47(57)45(55)42(65-50)39-62-51-48(58)46(56)44(54)41(36-52)64-51/h5,7,10-11,13-14,16-17,19-20,22-23,25-26,40-42,44-52,54-59H,3-4,6,8-9,12,15,18,21,24,27-39H2,1-2H3/b7-5-,11-10-,14-13-,17-16-,20-19-,23-22-,26-25-. The van der Waals surface area contributed by atoms with Gasteiger partial charge in [0.15, 0.2) is 12.6 Å². The summed E-state index contributed by atoms with van der Waals surface area (Å²) < 4.78 is 34.0. The summed E-state index contributed by atoms with van der Waals surface area (Å²) in [6.45, 7) is 3.37. The number of carbonyl (C=O) groups excluding carboxylic acids is 1. The van der Waals surface area contributed by atoms with Gasteiger partial charge in [0.05, 0.1) is 26.4 Å². The lowest BCUT2D eigenvalue weighted by Gasteiger charge is -2.42. The molecule has 2 heterocycles. The molecule has 0 bridgehead atoms. The van der Waals surface area contributed by atoms with Crippen LogP contribution in [0.4, 0.5) is 0 Å². The number of hydrogen-bond acceptors (Lipinski definition) is 14. The molecule has 11 atom stereocenters. The number of rotatable bonds is 36. The first-order chi connectivity index (χ1) is 31.6. The second kappa shape index (κ2) is 38.2. The van der Waals surface area contributed by atoms with Gasteiger partial charge in [0.25, 0.3) is 0 Å².